The summed E-state index contributed by atoms with van der Waals surface area (Å²) in [5, 5.41) is 0. The van der Waals surface area contributed by atoms with Crippen LogP contribution in [0.15, 0.2) is 61.3 Å². The van der Waals surface area contributed by atoms with Crippen molar-refractivity contribution in [2.24, 2.45) is 0 Å². The van der Waals surface area contributed by atoms with Gasteiger partial charge in [0.2, 0.25) is 5.91 Å². The summed E-state index contributed by atoms with van der Waals surface area (Å²) in [5.41, 5.74) is 1.13. The van der Waals surface area contributed by atoms with Gasteiger partial charge in [0.05, 0.1) is 10.9 Å². The number of nitrogens with zero attached hydrogens (tertiary/aromatic N) is 2. The number of rotatable bonds is 3. The first-order chi connectivity index (χ1) is 14.3. The standard InChI is InChI=1S/C22H16ClF3N2OS/c1-2-20(29)28-11-17(16-10-19(23)30-18(16)12-28)14-7-4-3-6-13(14)15-8-5-9-27-21(15)22(24,25)26/h2-10,17H,1,11-12H2/t17-/m1/s1. The molecule has 0 unspecified atom stereocenters. The minimum Gasteiger partial charge on any atom is -0.333 e. The number of alkyl halides is 3. The molecule has 0 N–H and O–H groups in total. The van der Waals surface area contributed by atoms with Crippen LogP contribution in [0.5, 0.6) is 0 Å². The molecule has 1 aliphatic rings. The molecule has 3 aromatic rings. The number of benzene rings is 1. The normalized spacial score (nSPS) is 16.3. The molecule has 30 heavy (non-hydrogen) atoms. The fourth-order valence-corrected chi connectivity index (χ4v) is 5.20. The summed E-state index contributed by atoms with van der Waals surface area (Å²) in [5.74, 6) is -0.552. The number of carbonyl (C=O) groups is 1. The number of aromatic nitrogens is 1. The summed E-state index contributed by atoms with van der Waals surface area (Å²) >= 11 is 7.62. The lowest BCUT2D eigenvalue weighted by Gasteiger charge is -2.33. The molecule has 8 heteroatoms. The molecule has 0 saturated carbocycles. The molecule has 0 radical (unpaired) electrons. The number of amides is 1. The van der Waals surface area contributed by atoms with Gasteiger partial charge in [0.1, 0.15) is 0 Å². The Morgan fingerprint density at radius 3 is 2.67 bits per heavy atom. The highest BCUT2D eigenvalue weighted by Gasteiger charge is 2.37. The van der Waals surface area contributed by atoms with E-state index >= 15 is 0 Å². The van der Waals surface area contributed by atoms with Crippen LogP contribution in [0.25, 0.3) is 11.1 Å². The predicted molar refractivity (Wildman–Crippen MR) is 111 cm³/mol. The van der Waals surface area contributed by atoms with Crippen LogP contribution in [0.2, 0.25) is 4.34 Å². The highest BCUT2D eigenvalue weighted by Crippen LogP contribution is 2.44. The van der Waals surface area contributed by atoms with Crippen molar-refractivity contribution >= 4 is 28.8 Å². The lowest BCUT2D eigenvalue weighted by atomic mass is 9.83. The second kappa shape index (κ2) is 7.89. The Bertz CT molecular complexity index is 1130. The van der Waals surface area contributed by atoms with E-state index in [1.165, 1.54) is 29.5 Å². The molecule has 0 spiro atoms. The molecular weight excluding hydrogens is 433 g/mol. The smallest absolute Gasteiger partial charge is 0.333 e. The summed E-state index contributed by atoms with van der Waals surface area (Å²) in [7, 11) is 0. The topological polar surface area (TPSA) is 33.2 Å². The van der Waals surface area contributed by atoms with Gasteiger partial charge < -0.3 is 4.90 Å². The van der Waals surface area contributed by atoms with Gasteiger partial charge in [-0.2, -0.15) is 13.2 Å². The van der Waals surface area contributed by atoms with Gasteiger partial charge in [0.15, 0.2) is 5.69 Å². The number of hydrogen-bond acceptors (Lipinski definition) is 3. The molecule has 3 heterocycles. The van der Waals surface area contributed by atoms with Gasteiger partial charge in [-0.25, -0.2) is 0 Å². The highest BCUT2D eigenvalue weighted by molar-refractivity contribution is 7.16. The van der Waals surface area contributed by atoms with E-state index in [1.807, 2.05) is 6.07 Å². The summed E-state index contributed by atoms with van der Waals surface area (Å²) in [6, 6.07) is 11.7. The van der Waals surface area contributed by atoms with Crippen molar-refractivity contribution in [1.29, 1.82) is 0 Å². The maximum Gasteiger partial charge on any atom is 0.433 e. The van der Waals surface area contributed by atoms with Crippen molar-refractivity contribution in [3.63, 3.8) is 0 Å². The second-order valence-corrected chi connectivity index (χ2v) is 8.66. The van der Waals surface area contributed by atoms with Gasteiger partial charge in [-0.3, -0.25) is 9.78 Å². The lowest BCUT2D eigenvalue weighted by Crippen LogP contribution is -2.37. The van der Waals surface area contributed by atoms with Crippen LogP contribution < -0.4 is 0 Å². The number of carbonyl (C=O) groups excluding carboxylic acids is 1. The molecule has 0 saturated heterocycles. The van der Waals surface area contributed by atoms with E-state index in [4.69, 9.17) is 11.6 Å². The minimum absolute atomic E-state index is 0.00986. The highest BCUT2D eigenvalue weighted by atomic mass is 35.5. The van der Waals surface area contributed by atoms with E-state index in [9.17, 15) is 18.0 Å². The van der Waals surface area contributed by atoms with Crippen LogP contribution in [0.4, 0.5) is 13.2 Å². The zero-order valence-electron chi connectivity index (χ0n) is 15.6. The van der Waals surface area contributed by atoms with Crippen LogP contribution in [0.1, 0.15) is 27.6 Å². The van der Waals surface area contributed by atoms with E-state index in [0.29, 0.717) is 28.6 Å². The second-order valence-electron chi connectivity index (χ2n) is 6.89. The van der Waals surface area contributed by atoms with E-state index in [0.717, 1.165) is 16.6 Å². The summed E-state index contributed by atoms with van der Waals surface area (Å²) < 4.78 is 41.4. The van der Waals surface area contributed by atoms with Crippen molar-refractivity contribution in [3.05, 3.63) is 87.4 Å². The Hall–Kier alpha value is -2.64. The summed E-state index contributed by atoms with van der Waals surface area (Å²) in [6.07, 6.45) is -2.21. The number of pyridine rings is 1. The van der Waals surface area contributed by atoms with Crippen molar-refractivity contribution in [2.75, 3.05) is 6.54 Å². The average molecular weight is 449 g/mol. The fourth-order valence-electron chi connectivity index (χ4n) is 3.84. The Morgan fingerprint density at radius 2 is 1.93 bits per heavy atom. The quantitative estimate of drug-likeness (QED) is 0.451. The first-order valence-electron chi connectivity index (χ1n) is 9.10. The zero-order valence-corrected chi connectivity index (χ0v) is 17.2. The Balaban J connectivity index is 1.89. The van der Waals surface area contributed by atoms with E-state index < -0.39 is 11.9 Å². The molecule has 0 aliphatic carbocycles. The van der Waals surface area contributed by atoms with Gasteiger partial charge in [-0.05, 0) is 34.9 Å². The molecule has 1 amide bonds. The number of halogens is 4. The Kier molecular flexibility index (Phi) is 5.42. The molecule has 1 aliphatic heterocycles. The summed E-state index contributed by atoms with van der Waals surface area (Å²) in [6.45, 7) is 4.27. The molecule has 1 aromatic carbocycles. The number of fused-ring (bicyclic) bond motifs is 1. The number of hydrogen-bond donors (Lipinski definition) is 0. The average Bonchev–Trinajstić information content (AvgIpc) is 3.12. The molecule has 3 nitrogen and oxygen atoms in total. The van der Waals surface area contributed by atoms with Gasteiger partial charge >= 0.3 is 6.18 Å². The Morgan fingerprint density at radius 1 is 1.20 bits per heavy atom. The molecule has 1 atom stereocenters. The predicted octanol–water partition coefficient (Wildman–Crippen LogP) is 6.14. The number of thiophene rings is 1. The van der Waals surface area contributed by atoms with Crippen LogP contribution >= 0.6 is 22.9 Å². The van der Waals surface area contributed by atoms with E-state index in [2.05, 4.69) is 11.6 Å². The maximum atomic E-state index is 13.6. The van der Waals surface area contributed by atoms with Crippen LogP contribution in [-0.2, 0) is 17.5 Å². The molecule has 2 aromatic heterocycles. The molecular formula is C22H16ClF3N2OS. The SMILES string of the molecule is C=CC(=O)N1Cc2sc(Cl)cc2[C@@H](c2ccccc2-c2cccnc2C(F)(F)F)C1. The largest absolute Gasteiger partial charge is 0.433 e. The lowest BCUT2D eigenvalue weighted by molar-refractivity contribution is -0.140. The Labute approximate surface area is 180 Å². The van der Waals surface area contributed by atoms with Crippen LogP contribution in [0, 0.1) is 0 Å². The third kappa shape index (κ3) is 3.75. The first-order valence-corrected chi connectivity index (χ1v) is 10.3. The third-order valence-electron chi connectivity index (χ3n) is 5.11. The monoisotopic (exact) mass is 448 g/mol. The molecule has 4 rings (SSSR count). The van der Waals surface area contributed by atoms with E-state index in [-0.39, 0.29) is 17.4 Å². The van der Waals surface area contributed by atoms with Crippen molar-refractivity contribution in [2.45, 2.75) is 18.6 Å². The van der Waals surface area contributed by atoms with Crippen molar-refractivity contribution < 1.29 is 18.0 Å². The van der Waals surface area contributed by atoms with Crippen LogP contribution in [0.3, 0.4) is 0 Å². The molecule has 0 fully saturated rings. The maximum absolute atomic E-state index is 13.6. The van der Waals surface area contributed by atoms with Crippen LogP contribution in [-0.4, -0.2) is 22.3 Å². The summed E-state index contributed by atoms with van der Waals surface area (Å²) in [4.78, 5) is 18.5. The minimum atomic E-state index is -4.59. The van der Waals surface area contributed by atoms with Gasteiger partial charge in [0, 0.05) is 29.1 Å². The fraction of sp³-hybridized carbons (Fsp3) is 0.182. The van der Waals surface area contributed by atoms with Crippen molar-refractivity contribution in [1.82, 2.24) is 9.88 Å². The van der Waals surface area contributed by atoms with Crippen molar-refractivity contribution in [3.8, 4) is 11.1 Å². The van der Waals surface area contributed by atoms with Gasteiger partial charge in [0.25, 0.3) is 0 Å². The van der Waals surface area contributed by atoms with Gasteiger partial charge in [-0.15, -0.1) is 11.3 Å². The van der Waals surface area contributed by atoms with Gasteiger partial charge in [-0.1, -0.05) is 48.5 Å². The zero-order chi connectivity index (χ0) is 21.5. The van der Waals surface area contributed by atoms with E-state index in [1.54, 1.807) is 29.2 Å². The molecule has 0 bridgehead atoms. The molecule has 154 valence electrons. The third-order valence-corrected chi connectivity index (χ3v) is 6.38. The first kappa shape index (κ1) is 20.6.